The van der Waals surface area contributed by atoms with Gasteiger partial charge in [0.1, 0.15) is 12.4 Å². The van der Waals surface area contributed by atoms with Crippen molar-refractivity contribution in [3.63, 3.8) is 0 Å². The number of ether oxygens (including phenoxy) is 2. The molecule has 0 aromatic heterocycles. The largest absolute Gasteiger partial charge is 0.489 e. The van der Waals surface area contributed by atoms with Crippen LogP contribution in [0.1, 0.15) is 46.1 Å². The highest BCUT2D eigenvalue weighted by atomic mass is 35.5. The van der Waals surface area contributed by atoms with E-state index in [-0.39, 0.29) is 11.6 Å². The molecule has 2 atom stereocenters. The van der Waals surface area contributed by atoms with Gasteiger partial charge in [-0.2, -0.15) is 0 Å². The summed E-state index contributed by atoms with van der Waals surface area (Å²) < 4.78 is 11.5. The van der Waals surface area contributed by atoms with Crippen LogP contribution in [0.2, 0.25) is 5.02 Å². The molecule has 1 aromatic carbocycles. The molecule has 1 aliphatic rings. The van der Waals surface area contributed by atoms with Crippen molar-refractivity contribution in [3.8, 4) is 5.75 Å². The van der Waals surface area contributed by atoms with Crippen LogP contribution < -0.4 is 10.1 Å². The van der Waals surface area contributed by atoms with Gasteiger partial charge in [0.2, 0.25) is 0 Å². The van der Waals surface area contributed by atoms with Gasteiger partial charge in [0, 0.05) is 12.1 Å². The van der Waals surface area contributed by atoms with Crippen LogP contribution in [-0.2, 0) is 11.3 Å². The molecule has 4 heteroatoms. The fraction of sp³-hybridized carbons (Fsp3) is 0.647. The monoisotopic (exact) mass is 311 g/mol. The summed E-state index contributed by atoms with van der Waals surface area (Å²) in [6.45, 7) is 9.92. The van der Waals surface area contributed by atoms with E-state index in [1.807, 2.05) is 12.1 Å². The predicted molar refractivity (Wildman–Crippen MR) is 87.1 cm³/mol. The number of hydrogen-bond donors (Lipinski definition) is 1. The van der Waals surface area contributed by atoms with Gasteiger partial charge >= 0.3 is 0 Å². The second-order valence-corrected chi connectivity index (χ2v) is 7.23. The lowest BCUT2D eigenvalue weighted by molar-refractivity contribution is 0.0265. The van der Waals surface area contributed by atoms with Crippen molar-refractivity contribution in [2.24, 2.45) is 0 Å². The van der Waals surface area contributed by atoms with Crippen molar-refractivity contribution in [3.05, 3.63) is 28.8 Å². The number of hydrogen-bond acceptors (Lipinski definition) is 3. The highest BCUT2D eigenvalue weighted by Crippen LogP contribution is 2.27. The first-order valence-electron chi connectivity index (χ1n) is 7.65. The zero-order chi connectivity index (χ0) is 15.5. The summed E-state index contributed by atoms with van der Waals surface area (Å²) in [5, 5.41) is 4.11. The summed E-state index contributed by atoms with van der Waals surface area (Å²) in [4.78, 5) is 0. The van der Waals surface area contributed by atoms with Gasteiger partial charge in [-0.1, -0.05) is 17.7 Å². The minimum Gasteiger partial charge on any atom is -0.489 e. The molecule has 2 rings (SSSR count). The molecule has 1 aromatic rings. The highest BCUT2D eigenvalue weighted by Gasteiger charge is 2.22. The summed E-state index contributed by atoms with van der Waals surface area (Å²) in [6, 6.07) is 5.96. The van der Waals surface area contributed by atoms with Gasteiger partial charge in [-0.15, -0.1) is 0 Å². The standard InChI is InChI=1S/C17H26ClNO2/c1-12-5-7-14(21-12)11-20-16-8-6-13(9-15(16)18)10-19-17(2,3)4/h6,8-9,12,14,19H,5,7,10-11H2,1-4H3. The Hall–Kier alpha value is -0.770. The molecule has 1 fully saturated rings. The molecule has 0 radical (unpaired) electrons. The first-order valence-corrected chi connectivity index (χ1v) is 8.03. The normalized spacial score (nSPS) is 22.5. The maximum absolute atomic E-state index is 6.30. The van der Waals surface area contributed by atoms with Gasteiger partial charge in [-0.25, -0.2) is 0 Å². The number of benzene rings is 1. The van der Waals surface area contributed by atoms with E-state index in [9.17, 15) is 0 Å². The summed E-state index contributed by atoms with van der Waals surface area (Å²) in [7, 11) is 0. The van der Waals surface area contributed by atoms with E-state index in [0.717, 1.165) is 30.7 Å². The Kier molecular flexibility index (Phi) is 5.53. The average molecular weight is 312 g/mol. The van der Waals surface area contributed by atoms with E-state index in [4.69, 9.17) is 21.1 Å². The van der Waals surface area contributed by atoms with E-state index in [0.29, 0.717) is 17.7 Å². The van der Waals surface area contributed by atoms with Crippen LogP contribution in [-0.4, -0.2) is 24.4 Å². The third kappa shape index (κ3) is 5.50. The summed E-state index contributed by atoms with van der Waals surface area (Å²) in [5.74, 6) is 0.735. The van der Waals surface area contributed by atoms with Gasteiger partial charge in [0.05, 0.1) is 17.2 Å². The molecule has 118 valence electrons. The lowest BCUT2D eigenvalue weighted by atomic mass is 10.1. The van der Waals surface area contributed by atoms with Crippen LogP contribution in [0.3, 0.4) is 0 Å². The summed E-state index contributed by atoms with van der Waals surface area (Å²) in [5.41, 5.74) is 1.26. The van der Waals surface area contributed by atoms with E-state index in [2.05, 4.69) is 39.1 Å². The molecule has 2 unspecified atom stereocenters. The number of rotatable bonds is 5. The predicted octanol–water partition coefficient (Wildman–Crippen LogP) is 4.17. The van der Waals surface area contributed by atoms with Crippen molar-refractivity contribution in [1.82, 2.24) is 5.32 Å². The van der Waals surface area contributed by atoms with Crippen molar-refractivity contribution >= 4 is 11.6 Å². The van der Waals surface area contributed by atoms with Crippen LogP contribution in [0.25, 0.3) is 0 Å². The maximum Gasteiger partial charge on any atom is 0.138 e. The van der Waals surface area contributed by atoms with Gasteiger partial charge in [-0.3, -0.25) is 0 Å². The Balaban J connectivity index is 1.87. The van der Waals surface area contributed by atoms with Crippen LogP contribution in [0, 0.1) is 0 Å². The van der Waals surface area contributed by atoms with E-state index in [1.165, 1.54) is 0 Å². The van der Waals surface area contributed by atoms with Gasteiger partial charge in [0.15, 0.2) is 0 Å². The first-order chi connectivity index (χ1) is 9.83. The molecule has 0 bridgehead atoms. The Morgan fingerprint density at radius 3 is 2.67 bits per heavy atom. The van der Waals surface area contributed by atoms with Crippen molar-refractivity contribution in [2.45, 2.75) is 64.8 Å². The minimum atomic E-state index is 0.0954. The molecule has 1 N–H and O–H groups in total. The van der Waals surface area contributed by atoms with Crippen molar-refractivity contribution in [1.29, 1.82) is 0 Å². The van der Waals surface area contributed by atoms with Gasteiger partial charge in [0.25, 0.3) is 0 Å². The van der Waals surface area contributed by atoms with Crippen LogP contribution in [0.5, 0.6) is 5.75 Å². The lowest BCUT2D eigenvalue weighted by Gasteiger charge is -2.21. The zero-order valence-electron chi connectivity index (χ0n) is 13.4. The van der Waals surface area contributed by atoms with Gasteiger partial charge < -0.3 is 14.8 Å². The molecule has 0 spiro atoms. The third-order valence-electron chi connectivity index (χ3n) is 3.56. The topological polar surface area (TPSA) is 30.5 Å². The molecule has 21 heavy (non-hydrogen) atoms. The number of nitrogens with one attached hydrogen (secondary N) is 1. The van der Waals surface area contributed by atoms with E-state index in [1.54, 1.807) is 0 Å². The average Bonchev–Trinajstić information content (AvgIpc) is 2.80. The molecule has 1 saturated heterocycles. The molecule has 1 aliphatic heterocycles. The molecule has 0 amide bonds. The van der Waals surface area contributed by atoms with Gasteiger partial charge in [-0.05, 0) is 58.2 Å². The lowest BCUT2D eigenvalue weighted by Crippen LogP contribution is -2.35. The second-order valence-electron chi connectivity index (χ2n) is 6.83. The maximum atomic E-state index is 6.30. The molecular weight excluding hydrogens is 286 g/mol. The van der Waals surface area contributed by atoms with Crippen LogP contribution in [0.15, 0.2) is 18.2 Å². The van der Waals surface area contributed by atoms with Crippen LogP contribution in [0.4, 0.5) is 0 Å². The molecule has 0 aliphatic carbocycles. The number of halogens is 1. The summed E-state index contributed by atoms with van der Waals surface area (Å²) in [6.07, 6.45) is 2.71. The quantitative estimate of drug-likeness (QED) is 0.885. The highest BCUT2D eigenvalue weighted by molar-refractivity contribution is 6.32. The van der Waals surface area contributed by atoms with Crippen molar-refractivity contribution in [2.75, 3.05) is 6.61 Å². The Morgan fingerprint density at radius 1 is 1.33 bits per heavy atom. The third-order valence-corrected chi connectivity index (χ3v) is 3.86. The fourth-order valence-electron chi connectivity index (χ4n) is 2.33. The smallest absolute Gasteiger partial charge is 0.138 e. The molecule has 3 nitrogen and oxygen atoms in total. The Bertz CT molecular complexity index is 470. The minimum absolute atomic E-state index is 0.0954. The first kappa shape index (κ1) is 16.6. The SMILES string of the molecule is CC1CCC(COc2ccc(CNC(C)(C)C)cc2Cl)O1. The molecular formula is C17H26ClNO2. The summed E-state index contributed by atoms with van der Waals surface area (Å²) >= 11 is 6.30. The van der Waals surface area contributed by atoms with Crippen molar-refractivity contribution < 1.29 is 9.47 Å². The zero-order valence-corrected chi connectivity index (χ0v) is 14.2. The Labute approximate surface area is 133 Å². The van der Waals surface area contributed by atoms with E-state index >= 15 is 0 Å². The van der Waals surface area contributed by atoms with Crippen LogP contribution >= 0.6 is 11.6 Å². The second kappa shape index (κ2) is 6.99. The Morgan fingerprint density at radius 2 is 2.10 bits per heavy atom. The van der Waals surface area contributed by atoms with E-state index < -0.39 is 0 Å². The fourth-order valence-corrected chi connectivity index (χ4v) is 2.59. The molecule has 1 heterocycles. The molecule has 0 saturated carbocycles.